The highest BCUT2D eigenvalue weighted by atomic mass is 32.2. The second-order valence-corrected chi connectivity index (χ2v) is 4.00. The molecule has 0 aliphatic rings. The summed E-state index contributed by atoms with van der Waals surface area (Å²) in [6.07, 6.45) is 0. The zero-order valence-corrected chi connectivity index (χ0v) is 10.0. The van der Waals surface area contributed by atoms with E-state index in [1.807, 2.05) is 6.92 Å². The van der Waals surface area contributed by atoms with Crippen molar-refractivity contribution in [3.05, 3.63) is 30.1 Å². The van der Waals surface area contributed by atoms with Gasteiger partial charge in [-0.3, -0.25) is 0 Å². The van der Waals surface area contributed by atoms with Gasteiger partial charge in [0, 0.05) is 6.61 Å². The van der Waals surface area contributed by atoms with E-state index < -0.39 is 0 Å². The van der Waals surface area contributed by atoms with Crippen molar-refractivity contribution < 1.29 is 9.13 Å². The van der Waals surface area contributed by atoms with Gasteiger partial charge in [-0.1, -0.05) is 17.8 Å². The fourth-order valence-corrected chi connectivity index (χ4v) is 1.93. The molecular formula is C10H11FN4OS. The van der Waals surface area contributed by atoms with Crippen LogP contribution >= 0.6 is 11.8 Å². The zero-order chi connectivity index (χ0) is 12.1. The van der Waals surface area contributed by atoms with Gasteiger partial charge in [0.15, 0.2) is 0 Å². The Balaban J connectivity index is 2.18. The van der Waals surface area contributed by atoms with E-state index in [0.717, 1.165) is 0 Å². The predicted octanol–water partition coefficient (Wildman–Crippen LogP) is 1.89. The van der Waals surface area contributed by atoms with Gasteiger partial charge in [0.05, 0.1) is 11.6 Å². The van der Waals surface area contributed by atoms with Crippen LogP contribution in [0.1, 0.15) is 6.92 Å². The first-order valence-electron chi connectivity index (χ1n) is 5.06. The largest absolute Gasteiger partial charge is 0.371 e. The number of aromatic nitrogens is 4. The lowest BCUT2D eigenvalue weighted by Crippen LogP contribution is -2.00. The third-order valence-electron chi connectivity index (χ3n) is 1.97. The molecule has 0 fully saturated rings. The van der Waals surface area contributed by atoms with E-state index >= 15 is 0 Å². The number of halogens is 1. The van der Waals surface area contributed by atoms with E-state index in [1.165, 1.54) is 28.6 Å². The van der Waals surface area contributed by atoms with Crippen LogP contribution in [0.5, 0.6) is 0 Å². The Morgan fingerprint density at radius 1 is 1.47 bits per heavy atom. The minimum absolute atomic E-state index is 0.321. The number of nitrogens with zero attached hydrogens (tertiary/aromatic N) is 4. The second kappa shape index (κ2) is 5.74. The van der Waals surface area contributed by atoms with Crippen LogP contribution in [-0.4, -0.2) is 32.8 Å². The Morgan fingerprint density at radius 3 is 3.12 bits per heavy atom. The molecule has 0 saturated carbocycles. The molecule has 1 aromatic carbocycles. The molecule has 90 valence electrons. The first kappa shape index (κ1) is 12.0. The normalized spacial score (nSPS) is 10.7. The summed E-state index contributed by atoms with van der Waals surface area (Å²) in [4.78, 5) is 0. The van der Waals surface area contributed by atoms with Crippen LogP contribution in [0.15, 0.2) is 29.4 Å². The molecule has 0 spiro atoms. The number of rotatable bonds is 5. The van der Waals surface area contributed by atoms with Crippen LogP contribution in [0, 0.1) is 5.82 Å². The molecule has 0 aliphatic carbocycles. The van der Waals surface area contributed by atoms with E-state index in [1.54, 1.807) is 12.1 Å². The lowest BCUT2D eigenvalue weighted by molar-refractivity contribution is 0.199. The van der Waals surface area contributed by atoms with Gasteiger partial charge in [-0.2, -0.15) is 4.68 Å². The van der Waals surface area contributed by atoms with Gasteiger partial charge in [0.2, 0.25) is 5.16 Å². The molecule has 0 radical (unpaired) electrons. The van der Waals surface area contributed by atoms with Gasteiger partial charge >= 0.3 is 0 Å². The molecule has 0 unspecified atom stereocenters. The predicted molar refractivity (Wildman–Crippen MR) is 61.5 cm³/mol. The average Bonchev–Trinajstić information content (AvgIpc) is 2.78. The third kappa shape index (κ3) is 3.01. The molecule has 7 heteroatoms. The Morgan fingerprint density at radius 2 is 2.35 bits per heavy atom. The molecule has 17 heavy (non-hydrogen) atoms. The lowest BCUT2D eigenvalue weighted by atomic mass is 10.3. The monoisotopic (exact) mass is 254 g/mol. The number of benzene rings is 1. The Kier molecular flexibility index (Phi) is 4.05. The molecule has 0 bridgehead atoms. The standard InChI is InChI=1S/C10H11FN4OS/c1-2-16-7-17-10-12-13-14-15(10)9-5-3-4-8(11)6-9/h3-6H,2,7H2,1H3. The highest BCUT2D eigenvalue weighted by Gasteiger charge is 2.09. The second-order valence-electron chi connectivity index (χ2n) is 3.11. The quantitative estimate of drug-likeness (QED) is 0.463. The summed E-state index contributed by atoms with van der Waals surface area (Å²) in [5.74, 6) is 0.144. The summed E-state index contributed by atoms with van der Waals surface area (Å²) in [5.41, 5.74) is 0.592. The fourth-order valence-electron chi connectivity index (χ4n) is 1.22. The molecule has 1 aromatic heterocycles. The van der Waals surface area contributed by atoms with Crippen LogP contribution in [0.3, 0.4) is 0 Å². The van der Waals surface area contributed by atoms with Crippen molar-refractivity contribution in [1.29, 1.82) is 0 Å². The summed E-state index contributed by atoms with van der Waals surface area (Å²) >= 11 is 1.36. The molecule has 5 nitrogen and oxygen atoms in total. The van der Waals surface area contributed by atoms with Gasteiger partial charge in [0.25, 0.3) is 0 Å². The number of ether oxygens (including phenoxy) is 1. The Bertz CT molecular complexity index is 491. The number of hydrogen-bond acceptors (Lipinski definition) is 5. The van der Waals surface area contributed by atoms with Crippen LogP contribution in [0.4, 0.5) is 4.39 Å². The minimum Gasteiger partial charge on any atom is -0.371 e. The zero-order valence-electron chi connectivity index (χ0n) is 9.21. The highest BCUT2D eigenvalue weighted by molar-refractivity contribution is 7.99. The van der Waals surface area contributed by atoms with E-state index in [9.17, 15) is 4.39 Å². The van der Waals surface area contributed by atoms with Gasteiger partial charge in [0.1, 0.15) is 5.82 Å². The Hall–Kier alpha value is -1.47. The van der Waals surface area contributed by atoms with E-state index in [2.05, 4.69) is 15.5 Å². The van der Waals surface area contributed by atoms with E-state index in [4.69, 9.17) is 4.74 Å². The molecule has 0 N–H and O–H groups in total. The first-order valence-corrected chi connectivity index (χ1v) is 6.04. The van der Waals surface area contributed by atoms with Crippen molar-refractivity contribution in [2.75, 3.05) is 12.5 Å². The van der Waals surface area contributed by atoms with Crippen molar-refractivity contribution in [2.24, 2.45) is 0 Å². The summed E-state index contributed by atoms with van der Waals surface area (Å²) < 4.78 is 19.8. The SMILES string of the molecule is CCOCSc1nnnn1-c1cccc(F)c1. The minimum atomic E-state index is -0.321. The topological polar surface area (TPSA) is 52.8 Å². The summed E-state index contributed by atoms with van der Waals surface area (Å²) in [6.45, 7) is 2.55. The molecule has 0 atom stereocenters. The van der Waals surface area contributed by atoms with Gasteiger partial charge in [-0.05, 0) is 35.5 Å². The molecule has 0 aliphatic heterocycles. The maximum Gasteiger partial charge on any atom is 0.216 e. The van der Waals surface area contributed by atoms with Gasteiger partial charge < -0.3 is 4.74 Å². The van der Waals surface area contributed by atoms with Crippen molar-refractivity contribution in [3.63, 3.8) is 0 Å². The highest BCUT2D eigenvalue weighted by Crippen LogP contribution is 2.18. The van der Waals surface area contributed by atoms with Crippen LogP contribution in [-0.2, 0) is 4.74 Å². The summed E-state index contributed by atoms with van der Waals surface area (Å²) in [7, 11) is 0. The molecule has 2 aromatic rings. The molecule has 1 heterocycles. The van der Waals surface area contributed by atoms with E-state index in [0.29, 0.717) is 23.4 Å². The van der Waals surface area contributed by atoms with Crippen LogP contribution in [0.25, 0.3) is 5.69 Å². The number of thioether (sulfide) groups is 1. The van der Waals surface area contributed by atoms with Gasteiger partial charge in [-0.15, -0.1) is 5.10 Å². The lowest BCUT2D eigenvalue weighted by Gasteiger charge is -2.03. The van der Waals surface area contributed by atoms with Crippen molar-refractivity contribution >= 4 is 11.8 Å². The molecule has 2 rings (SSSR count). The molecule has 0 saturated heterocycles. The average molecular weight is 254 g/mol. The molecule has 0 amide bonds. The van der Waals surface area contributed by atoms with Crippen molar-refractivity contribution in [2.45, 2.75) is 12.1 Å². The smallest absolute Gasteiger partial charge is 0.216 e. The summed E-state index contributed by atoms with van der Waals surface area (Å²) in [5, 5.41) is 11.8. The number of hydrogen-bond donors (Lipinski definition) is 0. The van der Waals surface area contributed by atoms with Crippen LogP contribution in [0.2, 0.25) is 0 Å². The fraction of sp³-hybridized carbons (Fsp3) is 0.300. The first-order chi connectivity index (χ1) is 8.31. The van der Waals surface area contributed by atoms with E-state index in [-0.39, 0.29) is 5.82 Å². The number of tetrazole rings is 1. The third-order valence-corrected chi connectivity index (χ3v) is 2.77. The maximum absolute atomic E-state index is 13.1. The van der Waals surface area contributed by atoms with Gasteiger partial charge in [-0.25, -0.2) is 4.39 Å². The van der Waals surface area contributed by atoms with Crippen molar-refractivity contribution in [3.8, 4) is 5.69 Å². The maximum atomic E-state index is 13.1. The summed E-state index contributed by atoms with van der Waals surface area (Å²) in [6, 6.07) is 6.11. The van der Waals surface area contributed by atoms with Crippen LogP contribution < -0.4 is 0 Å². The molecular weight excluding hydrogens is 243 g/mol. The Labute approximate surface area is 102 Å². The van der Waals surface area contributed by atoms with Crippen molar-refractivity contribution in [1.82, 2.24) is 20.2 Å².